The van der Waals surface area contributed by atoms with Gasteiger partial charge in [-0.3, -0.25) is 0 Å². The molecule has 0 aliphatic carbocycles. The van der Waals surface area contributed by atoms with Crippen molar-refractivity contribution in [1.82, 2.24) is 4.13 Å². The molecule has 0 saturated heterocycles. The van der Waals surface area contributed by atoms with Gasteiger partial charge in [0.2, 0.25) is 0 Å². The average molecular weight is 305 g/mol. The predicted molar refractivity (Wildman–Crippen MR) is 40.2 cm³/mol. The third-order valence-corrected chi connectivity index (χ3v) is 3.46. The molecule has 0 aromatic carbocycles. The summed E-state index contributed by atoms with van der Waals surface area (Å²) in [6.45, 7) is 0. The maximum atomic E-state index is 12.0. The first-order valence-electron chi connectivity index (χ1n) is 2.63. The molecule has 94 valence electrons. The van der Waals surface area contributed by atoms with Gasteiger partial charge in [0.05, 0.1) is 0 Å². The topological polar surface area (TPSA) is 80.3 Å². The fourth-order valence-corrected chi connectivity index (χ4v) is 2.11. The predicted octanol–water partition coefficient (Wildman–Crippen LogP) is -0.373. The second-order valence-electron chi connectivity index (χ2n) is 2.04. The summed E-state index contributed by atoms with van der Waals surface area (Å²) in [5.41, 5.74) is 0. The zero-order valence-electron chi connectivity index (χ0n) is 6.22. The molecule has 0 aliphatic rings. The van der Waals surface area contributed by atoms with E-state index in [2.05, 4.69) is 0 Å². The Morgan fingerprint density at radius 2 is 1.19 bits per heavy atom. The van der Waals surface area contributed by atoms with E-state index in [-0.39, 0.29) is 29.6 Å². The summed E-state index contributed by atoms with van der Waals surface area (Å²) in [5.74, 6) is 0. The molecule has 1 N–H and O–H groups in total. The molecular weight excluding hydrogens is 303 g/mol. The summed E-state index contributed by atoms with van der Waals surface area (Å²) in [6.07, 6.45) is -6.57. The van der Waals surface area contributed by atoms with Crippen molar-refractivity contribution in [2.45, 2.75) is 11.4 Å². The van der Waals surface area contributed by atoms with Gasteiger partial charge in [-0.25, -0.2) is 8.42 Å². The maximum absolute atomic E-state index is 12.0. The molecule has 14 heteroatoms. The zero-order valence-corrected chi connectivity index (χ0v) is 7.85. The minimum absolute atomic E-state index is 0. The van der Waals surface area contributed by atoms with Crippen LogP contribution < -0.4 is 4.13 Å². The Morgan fingerprint density at radius 3 is 1.38 bits per heavy atom. The van der Waals surface area contributed by atoms with E-state index in [4.69, 9.17) is 0 Å². The Balaban J connectivity index is 0. The van der Waals surface area contributed by atoms with Crippen LogP contribution in [0.2, 0.25) is 0 Å². The zero-order chi connectivity index (χ0) is 12.7. The van der Waals surface area contributed by atoms with E-state index >= 15 is 0 Å². The van der Waals surface area contributed by atoms with Gasteiger partial charge in [0.1, 0.15) is 0 Å². The Kier molecular flexibility index (Phi) is 5.84. The second kappa shape index (κ2) is 4.97. The average Bonchev–Trinajstić information content (AvgIpc) is 1.77. The molecule has 0 atom stereocenters. The van der Waals surface area contributed by atoms with Gasteiger partial charge in [0.15, 0.2) is 0 Å². The molecule has 16 heavy (non-hydrogen) atoms. The molecule has 0 aliphatic heterocycles. The summed E-state index contributed by atoms with van der Waals surface area (Å²) in [6, 6.07) is 0. The Hall–Kier alpha value is 0.440. The SMILES string of the molecule is O=S(=O)(F)NS(=O)(=O)C(F)(F)C(F)(F)F.[NaH]. The van der Waals surface area contributed by atoms with Gasteiger partial charge in [0, 0.05) is 0 Å². The summed E-state index contributed by atoms with van der Waals surface area (Å²) < 4.78 is 109. The molecule has 0 fully saturated rings. The van der Waals surface area contributed by atoms with Gasteiger partial charge >= 0.3 is 61.4 Å². The van der Waals surface area contributed by atoms with E-state index in [1.807, 2.05) is 0 Å². The monoisotopic (exact) mass is 305 g/mol. The first-order chi connectivity index (χ1) is 6.21. The van der Waals surface area contributed by atoms with Crippen LogP contribution in [0.15, 0.2) is 0 Å². The third-order valence-electron chi connectivity index (χ3n) is 0.877. The van der Waals surface area contributed by atoms with Crippen molar-refractivity contribution in [3.8, 4) is 0 Å². The van der Waals surface area contributed by atoms with Crippen molar-refractivity contribution in [2.75, 3.05) is 0 Å². The molecule has 0 heterocycles. The summed E-state index contributed by atoms with van der Waals surface area (Å²) >= 11 is 0. The normalized spacial score (nSPS) is 14.4. The molecule has 0 amide bonds. The number of sulfonamides is 1. The summed E-state index contributed by atoms with van der Waals surface area (Å²) in [7, 11) is -13.0. The van der Waals surface area contributed by atoms with Crippen LogP contribution in [-0.4, -0.2) is 57.8 Å². The first-order valence-corrected chi connectivity index (χ1v) is 5.49. The second-order valence-corrected chi connectivity index (χ2v) is 5.10. The Bertz CT molecular complexity index is 438. The molecule has 0 rings (SSSR count). The fraction of sp³-hybridized carbons (Fsp3) is 1.00. The summed E-state index contributed by atoms with van der Waals surface area (Å²) in [4.78, 5) is 0. The third kappa shape index (κ3) is 4.37. The van der Waals surface area contributed by atoms with Gasteiger partial charge in [-0.2, -0.15) is 30.4 Å². The number of halogens is 6. The quantitative estimate of drug-likeness (QED) is 0.438. The standard InChI is InChI=1S/C2HF6NO4S2.Na.H/c3-1(4,5)2(6,7)14(10,11)9-15(8,12)13;;/h9H;;. The number of hydrogen-bond donors (Lipinski definition) is 1. The molecule has 0 radical (unpaired) electrons. The van der Waals surface area contributed by atoms with Gasteiger partial charge in [0.25, 0.3) is 0 Å². The van der Waals surface area contributed by atoms with Crippen molar-refractivity contribution in [3.63, 3.8) is 0 Å². The Labute approximate surface area is 108 Å². The van der Waals surface area contributed by atoms with E-state index in [0.29, 0.717) is 0 Å². The van der Waals surface area contributed by atoms with E-state index in [1.165, 1.54) is 0 Å². The molecule has 0 aromatic heterocycles. The van der Waals surface area contributed by atoms with E-state index in [9.17, 15) is 42.7 Å². The number of nitrogens with one attached hydrogen (secondary N) is 1. The molecule has 0 unspecified atom stereocenters. The van der Waals surface area contributed by atoms with Crippen LogP contribution in [0.5, 0.6) is 0 Å². The number of alkyl halides is 5. The van der Waals surface area contributed by atoms with Crippen molar-refractivity contribution < 1.29 is 42.7 Å². The van der Waals surface area contributed by atoms with E-state index in [1.54, 1.807) is 0 Å². The minimum atomic E-state index is -6.75. The van der Waals surface area contributed by atoms with Crippen molar-refractivity contribution in [2.24, 2.45) is 0 Å². The van der Waals surface area contributed by atoms with E-state index < -0.39 is 36.0 Å². The number of hydrogen-bond acceptors (Lipinski definition) is 4. The van der Waals surface area contributed by atoms with Crippen LogP contribution in [0.1, 0.15) is 0 Å². The summed E-state index contributed by atoms with van der Waals surface area (Å²) in [5, 5.41) is -6.42. The van der Waals surface area contributed by atoms with Crippen molar-refractivity contribution in [3.05, 3.63) is 0 Å². The van der Waals surface area contributed by atoms with Gasteiger partial charge < -0.3 is 0 Å². The molecule has 0 bridgehead atoms. The van der Waals surface area contributed by atoms with Crippen LogP contribution in [0, 0.1) is 0 Å². The van der Waals surface area contributed by atoms with Crippen LogP contribution in [-0.2, 0) is 20.4 Å². The Morgan fingerprint density at radius 1 is 0.875 bits per heavy atom. The van der Waals surface area contributed by atoms with Crippen LogP contribution in [0.3, 0.4) is 0 Å². The van der Waals surface area contributed by atoms with Crippen LogP contribution in [0.25, 0.3) is 0 Å². The van der Waals surface area contributed by atoms with Crippen molar-refractivity contribution >= 4 is 50.0 Å². The fourth-order valence-electron chi connectivity index (χ4n) is 0.336. The van der Waals surface area contributed by atoms with Gasteiger partial charge in [-0.1, -0.05) is 8.01 Å². The van der Waals surface area contributed by atoms with Crippen LogP contribution >= 0.6 is 0 Å². The molecule has 0 aromatic rings. The number of rotatable bonds is 3. The van der Waals surface area contributed by atoms with Crippen LogP contribution in [0.4, 0.5) is 25.8 Å². The molecular formula is C2H2F6NNaO4S2. The molecule has 0 spiro atoms. The van der Waals surface area contributed by atoms with Gasteiger partial charge in [-0.05, 0) is 0 Å². The van der Waals surface area contributed by atoms with Gasteiger partial charge in [-0.15, -0.1) is 0 Å². The first kappa shape index (κ1) is 18.8. The molecule has 5 nitrogen and oxygen atoms in total. The van der Waals surface area contributed by atoms with E-state index in [0.717, 1.165) is 0 Å². The molecule has 0 saturated carbocycles. The van der Waals surface area contributed by atoms with Crippen molar-refractivity contribution in [1.29, 1.82) is 0 Å².